The maximum atomic E-state index is 11.6. The predicted octanol–water partition coefficient (Wildman–Crippen LogP) is 2.07. The highest BCUT2D eigenvalue weighted by atomic mass is 16.2. The highest BCUT2D eigenvalue weighted by Gasteiger charge is 2.24. The van der Waals surface area contributed by atoms with Crippen LogP contribution in [0.15, 0.2) is 0 Å². The lowest BCUT2D eigenvalue weighted by Gasteiger charge is -2.28. The standard InChI is InChI=1S/C13H26N2O/c1-4-10(3)9-11(5-2)15-12-7-6-8-14-13(12)16/h10-12,15H,4-9H2,1-3H3,(H,14,16). The van der Waals surface area contributed by atoms with Gasteiger partial charge in [0.1, 0.15) is 0 Å². The first-order valence-electron chi connectivity index (χ1n) is 6.71. The lowest BCUT2D eigenvalue weighted by atomic mass is 9.96. The summed E-state index contributed by atoms with van der Waals surface area (Å²) in [5, 5.41) is 6.44. The fourth-order valence-corrected chi connectivity index (χ4v) is 2.22. The number of amides is 1. The molecule has 0 aliphatic carbocycles. The van der Waals surface area contributed by atoms with Gasteiger partial charge in [-0.2, -0.15) is 0 Å². The Morgan fingerprint density at radius 2 is 2.19 bits per heavy atom. The minimum atomic E-state index is 0.0442. The van der Waals surface area contributed by atoms with E-state index in [1.54, 1.807) is 0 Å². The van der Waals surface area contributed by atoms with Crippen LogP contribution in [-0.2, 0) is 4.79 Å². The molecule has 2 N–H and O–H groups in total. The molecule has 1 heterocycles. The van der Waals surface area contributed by atoms with E-state index in [1.807, 2.05) is 0 Å². The van der Waals surface area contributed by atoms with E-state index in [1.165, 1.54) is 12.8 Å². The van der Waals surface area contributed by atoms with Crippen LogP contribution < -0.4 is 10.6 Å². The van der Waals surface area contributed by atoms with Crippen molar-refractivity contribution in [2.45, 2.75) is 65.0 Å². The number of hydrogen-bond acceptors (Lipinski definition) is 2. The number of rotatable bonds is 6. The molecule has 3 nitrogen and oxygen atoms in total. The topological polar surface area (TPSA) is 41.1 Å². The molecule has 1 fully saturated rings. The van der Waals surface area contributed by atoms with Gasteiger partial charge in [0.2, 0.25) is 5.91 Å². The second-order valence-electron chi connectivity index (χ2n) is 5.01. The molecule has 0 aromatic rings. The smallest absolute Gasteiger partial charge is 0.237 e. The summed E-state index contributed by atoms with van der Waals surface area (Å²) in [5.74, 6) is 0.929. The Hall–Kier alpha value is -0.570. The molecule has 3 atom stereocenters. The van der Waals surface area contributed by atoms with Gasteiger partial charge in [-0.05, 0) is 31.6 Å². The number of carbonyl (C=O) groups excluding carboxylic acids is 1. The van der Waals surface area contributed by atoms with Crippen LogP contribution in [0.5, 0.6) is 0 Å². The lowest BCUT2D eigenvalue weighted by molar-refractivity contribution is -0.124. The molecule has 16 heavy (non-hydrogen) atoms. The SMILES string of the molecule is CCC(C)CC(CC)NC1CCCNC1=O. The zero-order valence-corrected chi connectivity index (χ0v) is 10.9. The van der Waals surface area contributed by atoms with E-state index < -0.39 is 0 Å². The Morgan fingerprint density at radius 3 is 2.75 bits per heavy atom. The van der Waals surface area contributed by atoms with Crippen molar-refractivity contribution in [3.05, 3.63) is 0 Å². The third kappa shape index (κ3) is 4.12. The summed E-state index contributed by atoms with van der Waals surface area (Å²) in [6.45, 7) is 7.55. The highest BCUT2D eigenvalue weighted by Crippen LogP contribution is 2.14. The monoisotopic (exact) mass is 226 g/mol. The van der Waals surface area contributed by atoms with E-state index in [9.17, 15) is 4.79 Å². The molecule has 1 saturated heterocycles. The molecule has 3 unspecified atom stereocenters. The molecule has 94 valence electrons. The van der Waals surface area contributed by atoms with Gasteiger partial charge in [0, 0.05) is 12.6 Å². The Kier molecular flexibility index (Phi) is 5.81. The molecular formula is C13H26N2O. The van der Waals surface area contributed by atoms with E-state index in [0.29, 0.717) is 6.04 Å². The number of hydrogen-bond donors (Lipinski definition) is 2. The minimum absolute atomic E-state index is 0.0442. The Balaban J connectivity index is 2.39. The van der Waals surface area contributed by atoms with Crippen molar-refractivity contribution in [1.29, 1.82) is 0 Å². The van der Waals surface area contributed by atoms with Crippen molar-refractivity contribution >= 4 is 5.91 Å². The van der Waals surface area contributed by atoms with Crippen LogP contribution in [0.1, 0.15) is 52.9 Å². The van der Waals surface area contributed by atoms with Gasteiger partial charge >= 0.3 is 0 Å². The van der Waals surface area contributed by atoms with Crippen LogP contribution in [0, 0.1) is 5.92 Å². The number of carbonyl (C=O) groups is 1. The van der Waals surface area contributed by atoms with Crippen LogP contribution >= 0.6 is 0 Å². The molecule has 0 saturated carbocycles. The molecule has 0 spiro atoms. The molecular weight excluding hydrogens is 200 g/mol. The summed E-state index contributed by atoms with van der Waals surface area (Å²) in [7, 11) is 0. The van der Waals surface area contributed by atoms with Crippen LogP contribution in [0.25, 0.3) is 0 Å². The molecule has 0 aromatic heterocycles. The van der Waals surface area contributed by atoms with E-state index >= 15 is 0 Å². The first kappa shape index (κ1) is 13.5. The Morgan fingerprint density at radius 1 is 1.44 bits per heavy atom. The van der Waals surface area contributed by atoms with E-state index in [2.05, 4.69) is 31.4 Å². The maximum Gasteiger partial charge on any atom is 0.237 e. The first-order chi connectivity index (χ1) is 7.67. The zero-order chi connectivity index (χ0) is 12.0. The Labute approximate surface area is 99.4 Å². The average molecular weight is 226 g/mol. The van der Waals surface area contributed by atoms with Crippen LogP contribution in [0.3, 0.4) is 0 Å². The Bertz CT molecular complexity index is 218. The van der Waals surface area contributed by atoms with Gasteiger partial charge in [0.05, 0.1) is 6.04 Å². The van der Waals surface area contributed by atoms with Crippen LogP contribution in [0.2, 0.25) is 0 Å². The van der Waals surface area contributed by atoms with Gasteiger partial charge in [0.15, 0.2) is 0 Å². The minimum Gasteiger partial charge on any atom is -0.355 e. The summed E-state index contributed by atoms with van der Waals surface area (Å²) in [6.07, 6.45) is 5.59. The largest absolute Gasteiger partial charge is 0.355 e. The van der Waals surface area contributed by atoms with Gasteiger partial charge in [-0.1, -0.05) is 27.2 Å². The second kappa shape index (κ2) is 6.89. The third-order valence-corrected chi connectivity index (χ3v) is 3.60. The van der Waals surface area contributed by atoms with Crippen molar-refractivity contribution in [2.24, 2.45) is 5.92 Å². The van der Waals surface area contributed by atoms with Crippen molar-refractivity contribution in [3.8, 4) is 0 Å². The maximum absolute atomic E-state index is 11.6. The molecule has 0 bridgehead atoms. The van der Waals surface area contributed by atoms with E-state index in [-0.39, 0.29) is 11.9 Å². The van der Waals surface area contributed by atoms with Crippen molar-refractivity contribution in [1.82, 2.24) is 10.6 Å². The number of nitrogens with one attached hydrogen (secondary N) is 2. The van der Waals surface area contributed by atoms with E-state index in [0.717, 1.165) is 31.7 Å². The van der Waals surface area contributed by atoms with Crippen molar-refractivity contribution < 1.29 is 4.79 Å². The van der Waals surface area contributed by atoms with Gasteiger partial charge in [-0.15, -0.1) is 0 Å². The fourth-order valence-electron chi connectivity index (χ4n) is 2.22. The molecule has 1 aliphatic rings. The summed E-state index contributed by atoms with van der Waals surface area (Å²) in [5.41, 5.74) is 0. The molecule has 0 aromatic carbocycles. The normalized spacial score (nSPS) is 24.9. The quantitative estimate of drug-likeness (QED) is 0.728. The summed E-state index contributed by atoms with van der Waals surface area (Å²) >= 11 is 0. The summed E-state index contributed by atoms with van der Waals surface area (Å²) in [6, 6.07) is 0.534. The summed E-state index contributed by atoms with van der Waals surface area (Å²) in [4.78, 5) is 11.6. The van der Waals surface area contributed by atoms with Crippen molar-refractivity contribution in [3.63, 3.8) is 0 Å². The molecule has 1 aliphatic heterocycles. The average Bonchev–Trinajstić information content (AvgIpc) is 2.30. The molecule has 1 rings (SSSR count). The van der Waals surface area contributed by atoms with Gasteiger partial charge in [-0.25, -0.2) is 0 Å². The highest BCUT2D eigenvalue weighted by molar-refractivity contribution is 5.82. The fraction of sp³-hybridized carbons (Fsp3) is 0.923. The predicted molar refractivity (Wildman–Crippen MR) is 67.3 cm³/mol. The second-order valence-corrected chi connectivity index (χ2v) is 5.01. The summed E-state index contributed by atoms with van der Waals surface area (Å²) < 4.78 is 0. The van der Waals surface area contributed by atoms with Crippen LogP contribution in [-0.4, -0.2) is 24.5 Å². The molecule has 3 heteroatoms. The van der Waals surface area contributed by atoms with Gasteiger partial charge in [0.25, 0.3) is 0 Å². The zero-order valence-electron chi connectivity index (χ0n) is 10.9. The van der Waals surface area contributed by atoms with E-state index in [4.69, 9.17) is 0 Å². The van der Waals surface area contributed by atoms with Gasteiger partial charge in [-0.3, -0.25) is 4.79 Å². The van der Waals surface area contributed by atoms with Gasteiger partial charge < -0.3 is 10.6 Å². The molecule has 1 amide bonds. The molecule has 0 radical (unpaired) electrons. The van der Waals surface area contributed by atoms with Crippen molar-refractivity contribution in [2.75, 3.05) is 6.54 Å². The number of piperidine rings is 1. The van der Waals surface area contributed by atoms with Crippen LogP contribution in [0.4, 0.5) is 0 Å². The lowest BCUT2D eigenvalue weighted by Crippen LogP contribution is -2.51. The third-order valence-electron chi connectivity index (χ3n) is 3.60. The first-order valence-corrected chi connectivity index (χ1v) is 6.71.